The monoisotopic (exact) mass is 165 g/mol. The van der Waals surface area contributed by atoms with Crippen molar-refractivity contribution in [2.75, 3.05) is 26.5 Å². The van der Waals surface area contributed by atoms with E-state index in [0.717, 1.165) is 12.2 Å². The largest absolute Gasteiger partial charge is 0.387 e. The molecule has 0 aromatic carbocycles. The molecule has 12 heavy (non-hydrogen) atoms. The predicted octanol–water partition coefficient (Wildman–Crippen LogP) is 1.18. The van der Waals surface area contributed by atoms with Crippen molar-refractivity contribution in [3.05, 3.63) is 24.0 Å². The maximum absolute atomic E-state index is 4.12. The Labute approximate surface area is 73.4 Å². The van der Waals surface area contributed by atoms with Gasteiger partial charge in [-0.2, -0.15) is 0 Å². The summed E-state index contributed by atoms with van der Waals surface area (Å²) in [4.78, 5) is 6.24. The minimum atomic E-state index is 0.933. The second-order valence-electron chi connectivity index (χ2n) is 3.07. The highest BCUT2D eigenvalue weighted by molar-refractivity contribution is 5.41. The zero-order valence-corrected chi connectivity index (χ0v) is 7.83. The first kappa shape index (κ1) is 9.00. The van der Waals surface area contributed by atoms with E-state index >= 15 is 0 Å². The Morgan fingerprint density at radius 2 is 2.17 bits per heavy atom. The van der Waals surface area contributed by atoms with Crippen molar-refractivity contribution < 1.29 is 0 Å². The van der Waals surface area contributed by atoms with Crippen LogP contribution in [0.1, 0.15) is 5.56 Å². The van der Waals surface area contributed by atoms with Gasteiger partial charge in [-0.3, -0.25) is 4.98 Å². The van der Waals surface area contributed by atoms with Gasteiger partial charge in [0, 0.05) is 26.0 Å². The summed E-state index contributed by atoms with van der Waals surface area (Å²) in [7, 11) is 5.99. The number of anilines is 1. The van der Waals surface area contributed by atoms with Crippen LogP contribution >= 0.6 is 0 Å². The maximum Gasteiger partial charge on any atom is 0.0527 e. The molecule has 0 saturated carbocycles. The molecule has 3 nitrogen and oxygen atoms in total. The third-order valence-corrected chi connectivity index (χ3v) is 1.58. The van der Waals surface area contributed by atoms with Crippen LogP contribution in [0.5, 0.6) is 0 Å². The Hall–Kier alpha value is -1.09. The molecule has 0 atom stereocenters. The van der Waals surface area contributed by atoms with Gasteiger partial charge in [0.15, 0.2) is 0 Å². The van der Waals surface area contributed by atoms with E-state index in [4.69, 9.17) is 0 Å². The number of nitrogens with one attached hydrogen (secondary N) is 1. The summed E-state index contributed by atoms with van der Waals surface area (Å²) in [5.74, 6) is 0. The fourth-order valence-electron chi connectivity index (χ4n) is 1.08. The Morgan fingerprint density at radius 3 is 2.75 bits per heavy atom. The molecule has 0 spiro atoms. The van der Waals surface area contributed by atoms with Gasteiger partial charge in [0.2, 0.25) is 0 Å². The molecule has 1 N–H and O–H groups in total. The van der Waals surface area contributed by atoms with E-state index in [9.17, 15) is 0 Å². The fourth-order valence-corrected chi connectivity index (χ4v) is 1.08. The molecule has 0 radical (unpaired) electrons. The smallest absolute Gasteiger partial charge is 0.0527 e. The lowest BCUT2D eigenvalue weighted by Crippen LogP contribution is -2.10. The molecule has 66 valence electrons. The summed E-state index contributed by atoms with van der Waals surface area (Å²) in [6.07, 6.45) is 3.71. The summed E-state index contributed by atoms with van der Waals surface area (Å²) in [6.45, 7) is 0.933. The third-order valence-electron chi connectivity index (χ3n) is 1.58. The summed E-state index contributed by atoms with van der Waals surface area (Å²) in [5, 5.41) is 3.06. The topological polar surface area (TPSA) is 28.2 Å². The molecule has 0 amide bonds. The van der Waals surface area contributed by atoms with Gasteiger partial charge in [-0.1, -0.05) is 0 Å². The number of hydrogen-bond donors (Lipinski definition) is 1. The molecule has 0 fully saturated rings. The predicted molar refractivity (Wildman–Crippen MR) is 51.2 cm³/mol. The average molecular weight is 165 g/mol. The first-order valence-electron chi connectivity index (χ1n) is 3.99. The normalized spacial score (nSPS) is 10.3. The summed E-state index contributed by atoms with van der Waals surface area (Å²) in [6, 6.07) is 2.10. The van der Waals surface area contributed by atoms with E-state index in [1.54, 1.807) is 0 Å². The van der Waals surface area contributed by atoms with E-state index in [2.05, 4.69) is 21.3 Å². The van der Waals surface area contributed by atoms with Crippen LogP contribution in [0.3, 0.4) is 0 Å². The number of pyridine rings is 1. The van der Waals surface area contributed by atoms with Gasteiger partial charge in [0.25, 0.3) is 0 Å². The lowest BCUT2D eigenvalue weighted by atomic mass is 10.2. The minimum Gasteiger partial charge on any atom is -0.387 e. The fraction of sp³-hybridized carbons (Fsp3) is 0.444. The zero-order chi connectivity index (χ0) is 8.97. The molecule has 1 rings (SSSR count). The molecular weight excluding hydrogens is 150 g/mol. The van der Waals surface area contributed by atoms with E-state index < -0.39 is 0 Å². The quantitative estimate of drug-likeness (QED) is 0.729. The average Bonchev–Trinajstić information content (AvgIpc) is 2.03. The van der Waals surface area contributed by atoms with Crippen molar-refractivity contribution in [1.29, 1.82) is 0 Å². The van der Waals surface area contributed by atoms with E-state index in [0.29, 0.717) is 0 Å². The first-order valence-corrected chi connectivity index (χ1v) is 3.99. The Morgan fingerprint density at radius 1 is 1.42 bits per heavy atom. The Balaban J connectivity index is 2.72. The lowest BCUT2D eigenvalue weighted by molar-refractivity contribution is 0.402. The summed E-state index contributed by atoms with van der Waals surface area (Å²) in [5.41, 5.74) is 2.29. The number of hydrogen-bond acceptors (Lipinski definition) is 3. The minimum absolute atomic E-state index is 0.933. The van der Waals surface area contributed by atoms with Gasteiger partial charge >= 0.3 is 0 Å². The van der Waals surface area contributed by atoms with Gasteiger partial charge in [-0.15, -0.1) is 0 Å². The molecule has 0 bridgehead atoms. The molecule has 0 aliphatic rings. The van der Waals surface area contributed by atoms with Crippen molar-refractivity contribution in [3.63, 3.8) is 0 Å². The number of rotatable bonds is 3. The Kier molecular flexibility index (Phi) is 3.05. The molecule has 1 aromatic rings. The van der Waals surface area contributed by atoms with Crippen molar-refractivity contribution in [2.24, 2.45) is 0 Å². The second-order valence-corrected chi connectivity index (χ2v) is 3.07. The standard InChI is InChI=1S/C9H15N3/c1-10-9-4-8(5-11-6-9)7-12(2)3/h4-6,10H,7H2,1-3H3. The van der Waals surface area contributed by atoms with Gasteiger partial charge < -0.3 is 10.2 Å². The van der Waals surface area contributed by atoms with E-state index in [1.807, 2.05) is 33.5 Å². The SMILES string of the molecule is CNc1cncc(CN(C)C)c1. The van der Waals surface area contributed by atoms with Crippen LogP contribution in [-0.2, 0) is 6.54 Å². The third kappa shape index (κ3) is 2.51. The Bertz CT molecular complexity index is 245. The highest BCUT2D eigenvalue weighted by Gasteiger charge is 1.96. The molecule has 3 heteroatoms. The molecule has 0 aliphatic carbocycles. The molecule has 0 aliphatic heterocycles. The number of aromatic nitrogens is 1. The van der Waals surface area contributed by atoms with Crippen LogP contribution in [-0.4, -0.2) is 31.0 Å². The van der Waals surface area contributed by atoms with Crippen molar-refractivity contribution in [1.82, 2.24) is 9.88 Å². The second kappa shape index (κ2) is 4.07. The van der Waals surface area contributed by atoms with Crippen LogP contribution < -0.4 is 5.32 Å². The van der Waals surface area contributed by atoms with Gasteiger partial charge in [0.1, 0.15) is 0 Å². The zero-order valence-electron chi connectivity index (χ0n) is 7.83. The highest BCUT2D eigenvalue weighted by atomic mass is 15.0. The van der Waals surface area contributed by atoms with Gasteiger partial charge in [0.05, 0.1) is 5.69 Å². The van der Waals surface area contributed by atoms with Gasteiger partial charge in [-0.05, 0) is 25.7 Å². The van der Waals surface area contributed by atoms with E-state index in [-0.39, 0.29) is 0 Å². The van der Waals surface area contributed by atoms with Crippen molar-refractivity contribution >= 4 is 5.69 Å². The molecule has 0 saturated heterocycles. The highest BCUT2D eigenvalue weighted by Crippen LogP contribution is 2.08. The van der Waals surface area contributed by atoms with Crippen LogP contribution in [0.4, 0.5) is 5.69 Å². The van der Waals surface area contributed by atoms with Crippen LogP contribution in [0.15, 0.2) is 18.5 Å². The number of nitrogens with zero attached hydrogens (tertiary/aromatic N) is 2. The molecule has 1 heterocycles. The molecule has 0 unspecified atom stereocenters. The van der Waals surface area contributed by atoms with Crippen molar-refractivity contribution in [2.45, 2.75) is 6.54 Å². The maximum atomic E-state index is 4.12. The first-order chi connectivity index (χ1) is 5.72. The summed E-state index contributed by atoms with van der Waals surface area (Å²) < 4.78 is 0. The molecule has 1 aromatic heterocycles. The van der Waals surface area contributed by atoms with Gasteiger partial charge in [-0.25, -0.2) is 0 Å². The summed E-state index contributed by atoms with van der Waals surface area (Å²) >= 11 is 0. The van der Waals surface area contributed by atoms with Crippen LogP contribution in [0.2, 0.25) is 0 Å². The molecular formula is C9H15N3. The van der Waals surface area contributed by atoms with Crippen LogP contribution in [0.25, 0.3) is 0 Å². The van der Waals surface area contributed by atoms with Crippen molar-refractivity contribution in [3.8, 4) is 0 Å². The van der Waals surface area contributed by atoms with Crippen LogP contribution in [0, 0.1) is 0 Å². The lowest BCUT2D eigenvalue weighted by Gasteiger charge is -2.09. The van der Waals surface area contributed by atoms with E-state index in [1.165, 1.54) is 5.56 Å².